The van der Waals surface area contributed by atoms with Crippen LogP contribution in [0.2, 0.25) is 0 Å². The molecule has 4 saturated carbocycles. The highest BCUT2D eigenvalue weighted by Gasteiger charge is 2.66. The number of carbonyl (C=O) groups is 1. The maximum Gasteiger partial charge on any atom is 0.308 e. The molecule has 130 valence electrons. The van der Waals surface area contributed by atoms with E-state index in [-0.39, 0.29) is 5.92 Å². The van der Waals surface area contributed by atoms with Gasteiger partial charge in [0.05, 0.1) is 5.92 Å². The van der Waals surface area contributed by atoms with Gasteiger partial charge in [0.15, 0.2) is 0 Å². The van der Waals surface area contributed by atoms with Gasteiger partial charge in [-0.1, -0.05) is 6.92 Å². The topological polar surface area (TPSA) is 40.5 Å². The molecule has 0 radical (unpaired) electrons. The quantitative estimate of drug-likeness (QED) is 0.855. The highest BCUT2D eigenvalue weighted by Crippen LogP contribution is 2.75. The van der Waals surface area contributed by atoms with E-state index >= 15 is 0 Å². The Morgan fingerprint density at radius 3 is 2.22 bits per heavy atom. The third-order valence-corrected chi connectivity index (χ3v) is 8.28. The average Bonchev–Trinajstić information content (AvgIpc) is 3.36. The van der Waals surface area contributed by atoms with Gasteiger partial charge in [-0.3, -0.25) is 4.79 Å². The first kappa shape index (κ1) is 15.9. The van der Waals surface area contributed by atoms with Gasteiger partial charge in [-0.2, -0.15) is 0 Å². The van der Waals surface area contributed by atoms with Crippen molar-refractivity contribution < 1.29 is 9.90 Å². The molecule has 4 fully saturated rings. The van der Waals surface area contributed by atoms with Gasteiger partial charge in [0.1, 0.15) is 0 Å². The van der Waals surface area contributed by atoms with Crippen molar-refractivity contribution in [1.82, 2.24) is 4.90 Å². The molecule has 0 aliphatic heterocycles. The summed E-state index contributed by atoms with van der Waals surface area (Å²) in [5.41, 5.74) is 1.25. The highest BCUT2D eigenvalue weighted by atomic mass is 16.4. The lowest BCUT2D eigenvalue weighted by Crippen LogP contribution is -2.39. The molecule has 3 heteroatoms. The molecule has 5 atom stereocenters. The van der Waals surface area contributed by atoms with E-state index in [9.17, 15) is 9.90 Å². The lowest BCUT2D eigenvalue weighted by molar-refractivity contribution is -0.145. The van der Waals surface area contributed by atoms with Gasteiger partial charge in [-0.25, -0.2) is 0 Å². The van der Waals surface area contributed by atoms with Gasteiger partial charge in [0, 0.05) is 6.54 Å². The first-order valence-corrected chi connectivity index (χ1v) is 9.76. The molecule has 3 nitrogen and oxygen atoms in total. The third kappa shape index (κ3) is 2.45. The predicted octanol–water partition coefficient (Wildman–Crippen LogP) is 3.88. The van der Waals surface area contributed by atoms with Crippen molar-refractivity contribution in [3.8, 4) is 0 Å². The molecule has 0 aromatic rings. The number of nitrogens with zero attached hydrogens (tertiary/aromatic N) is 1. The first-order chi connectivity index (χ1) is 10.9. The third-order valence-electron chi connectivity index (χ3n) is 8.28. The van der Waals surface area contributed by atoms with Crippen molar-refractivity contribution >= 4 is 5.97 Å². The molecular weight excluding hydrogens is 286 g/mol. The highest BCUT2D eigenvalue weighted by molar-refractivity contribution is 5.70. The fourth-order valence-electron chi connectivity index (χ4n) is 6.88. The smallest absolute Gasteiger partial charge is 0.308 e. The number of fused-ring (bicyclic) bond motifs is 3. The molecule has 4 aliphatic carbocycles. The van der Waals surface area contributed by atoms with Crippen LogP contribution in [0, 0.1) is 40.4 Å². The molecule has 4 rings (SSSR count). The molecule has 0 aromatic heterocycles. The van der Waals surface area contributed by atoms with E-state index in [2.05, 4.69) is 11.8 Å². The largest absolute Gasteiger partial charge is 0.481 e. The Hall–Kier alpha value is -0.570. The van der Waals surface area contributed by atoms with Crippen LogP contribution in [0.25, 0.3) is 0 Å². The molecule has 0 heterocycles. The van der Waals surface area contributed by atoms with E-state index in [1.807, 2.05) is 14.1 Å². The van der Waals surface area contributed by atoms with Crippen LogP contribution in [0.3, 0.4) is 0 Å². The fraction of sp³-hybridized carbons (Fsp3) is 0.950. The maximum absolute atomic E-state index is 12.0. The van der Waals surface area contributed by atoms with Gasteiger partial charge in [0.2, 0.25) is 0 Å². The number of hydrogen-bond donors (Lipinski definition) is 1. The maximum atomic E-state index is 12.0. The molecule has 0 saturated heterocycles. The molecule has 2 spiro atoms. The minimum atomic E-state index is -0.568. The second-order valence-electron chi connectivity index (χ2n) is 9.66. The molecule has 1 N–H and O–H groups in total. The Labute approximate surface area is 140 Å². The van der Waals surface area contributed by atoms with E-state index in [0.717, 1.165) is 18.3 Å². The Morgan fingerprint density at radius 1 is 1.09 bits per heavy atom. The number of carboxylic acids is 1. The van der Waals surface area contributed by atoms with E-state index in [0.29, 0.717) is 29.2 Å². The van der Waals surface area contributed by atoms with Crippen molar-refractivity contribution in [2.45, 2.75) is 58.3 Å². The SMILES string of the molecule is C[C@H]1C([C@H](CN(C)C)C(=O)O)CCC2(CC2)[C@@H]2CCC3(CC3)[C@@H]21. The summed E-state index contributed by atoms with van der Waals surface area (Å²) in [6.07, 6.45) is 11.0. The molecular formula is C20H33NO2. The minimum Gasteiger partial charge on any atom is -0.481 e. The van der Waals surface area contributed by atoms with E-state index in [1.165, 1.54) is 44.9 Å². The zero-order chi connectivity index (χ0) is 16.4. The van der Waals surface area contributed by atoms with Crippen LogP contribution in [0.15, 0.2) is 0 Å². The van der Waals surface area contributed by atoms with Gasteiger partial charge < -0.3 is 10.0 Å². The van der Waals surface area contributed by atoms with Gasteiger partial charge in [-0.15, -0.1) is 0 Å². The zero-order valence-electron chi connectivity index (χ0n) is 15.1. The first-order valence-electron chi connectivity index (χ1n) is 9.76. The second kappa shape index (κ2) is 5.21. The zero-order valence-corrected chi connectivity index (χ0v) is 15.1. The Balaban J connectivity index is 1.64. The fourth-order valence-corrected chi connectivity index (χ4v) is 6.88. The van der Waals surface area contributed by atoms with Crippen molar-refractivity contribution in [2.24, 2.45) is 40.4 Å². The van der Waals surface area contributed by atoms with Gasteiger partial charge in [0.25, 0.3) is 0 Å². The van der Waals surface area contributed by atoms with Crippen molar-refractivity contribution in [1.29, 1.82) is 0 Å². The normalized spacial score (nSPS) is 40.9. The summed E-state index contributed by atoms with van der Waals surface area (Å²) in [6, 6.07) is 0. The average molecular weight is 319 g/mol. The number of carboxylic acid groups (broad SMARTS) is 1. The van der Waals surface area contributed by atoms with Crippen LogP contribution in [-0.4, -0.2) is 36.6 Å². The molecule has 0 bridgehead atoms. The number of rotatable bonds is 4. The molecule has 4 aliphatic rings. The van der Waals surface area contributed by atoms with Gasteiger partial charge >= 0.3 is 5.97 Å². The van der Waals surface area contributed by atoms with Crippen molar-refractivity contribution in [3.05, 3.63) is 0 Å². The summed E-state index contributed by atoms with van der Waals surface area (Å²) >= 11 is 0. The van der Waals surface area contributed by atoms with Crippen LogP contribution in [0.4, 0.5) is 0 Å². The lowest BCUT2D eigenvalue weighted by atomic mass is 9.68. The van der Waals surface area contributed by atoms with E-state index < -0.39 is 5.97 Å². The van der Waals surface area contributed by atoms with Crippen molar-refractivity contribution in [2.75, 3.05) is 20.6 Å². The Morgan fingerprint density at radius 2 is 1.70 bits per heavy atom. The summed E-state index contributed by atoms with van der Waals surface area (Å²) < 4.78 is 0. The number of aliphatic carboxylic acids is 1. The predicted molar refractivity (Wildman–Crippen MR) is 91.1 cm³/mol. The second-order valence-corrected chi connectivity index (χ2v) is 9.66. The van der Waals surface area contributed by atoms with Crippen LogP contribution < -0.4 is 0 Å². The van der Waals surface area contributed by atoms with Crippen LogP contribution in [0.5, 0.6) is 0 Å². The molecule has 0 aromatic carbocycles. The summed E-state index contributed by atoms with van der Waals surface area (Å²) in [5.74, 6) is 1.94. The van der Waals surface area contributed by atoms with Crippen molar-refractivity contribution in [3.63, 3.8) is 0 Å². The minimum absolute atomic E-state index is 0.189. The Bertz CT molecular complexity index is 492. The summed E-state index contributed by atoms with van der Waals surface area (Å²) in [5, 5.41) is 9.89. The van der Waals surface area contributed by atoms with Crippen LogP contribution in [0.1, 0.15) is 58.3 Å². The lowest BCUT2D eigenvalue weighted by Gasteiger charge is -2.37. The molecule has 0 amide bonds. The summed E-state index contributed by atoms with van der Waals surface area (Å²) in [7, 11) is 4.03. The monoisotopic (exact) mass is 319 g/mol. The Kier molecular flexibility index (Phi) is 3.61. The standard InChI is InChI=1S/C20H33NO2/c1-13-14(15(18(22)23)12-21(2)3)4-6-19(8-9-19)16-5-7-20(10-11-20)17(13)16/h13-17H,4-12H2,1-3H3,(H,22,23)/t13-,14?,15-,16+,17+/m0/s1. The van der Waals surface area contributed by atoms with Gasteiger partial charge in [-0.05, 0) is 100.0 Å². The summed E-state index contributed by atoms with van der Waals surface area (Å²) in [4.78, 5) is 14.1. The van der Waals surface area contributed by atoms with Crippen LogP contribution in [-0.2, 0) is 4.79 Å². The summed E-state index contributed by atoms with van der Waals surface area (Å²) in [6.45, 7) is 3.11. The van der Waals surface area contributed by atoms with Crippen LogP contribution >= 0.6 is 0 Å². The molecule has 1 unspecified atom stereocenters. The number of hydrogen-bond acceptors (Lipinski definition) is 2. The molecule has 23 heavy (non-hydrogen) atoms. The van der Waals surface area contributed by atoms with E-state index in [1.54, 1.807) is 0 Å². The van der Waals surface area contributed by atoms with E-state index in [4.69, 9.17) is 0 Å².